The number of rotatable bonds is 5. The van der Waals surface area contributed by atoms with Crippen molar-refractivity contribution in [1.29, 1.82) is 0 Å². The van der Waals surface area contributed by atoms with Gasteiger partial charge in [-0.3, -0.25) is 9.36 Å². The van der Waals surface area contributed by atoms with E-state index < -0.39 is 12.0 Å². The molecule has 1 atom stereocenters. The summed E-state index contributed by atoms with van der Waals surface area (Å²) in [5.74, 6) is 0.188. The van der Waals surface area contributed by atoms with Crippen LogP contribution < -0.4 is 19.6 Å². The van der Waals surface area contributed by atoms with E-state index >= 15 is 0 Å². The number of carbonyl (C=O) groups is 1. The highest BCUT2D eigenvalue weighted by Gasteiger charge is 2.33. The molecule has 0 saturated heterocycles. The average molecular weight is 513 g/mol. The van der Waals surface area contributed by atoms with E-state index in [0.29, 0.717) is 26.4 Å². The van der Waals surface area contributed by atoms with E-state index in [9.17, 15) is 9.59 Å². The lowest BCUT2D eigenvalue weighted by Gasteiger charge is -2.24. The molecule has 1 aliphatic rings. The van der Waals surface area contributed by atoms with Gasteiger partial charge in [0.2, 0.25) is 0 Å². The number of nitrogens with zero attached hydrogens (tertiary/aromatic N) is 2. The highest BCUT2D eigenvalue weighted by Crippen LogP contribution is 2.30. The number of thiazole rings is 1. The van der Waals surface area contributed by atoms with Gasteiger partial charge in [-0.05, 0) is 43.7 Å². The number of ether oxygens (including phenoxy) is 2. The Labute approximate surface area is 197 Å². The first-order valence-electron chi connectivity index (χ1n) is 10.0. The number of esters is 1. The van der Waals surface area contributed by atoms with Crippen molar-refractivity contribution in [3.05, 3.63) is 95.1 Å². The first-order valence-corrected chi connectivity index (χ1v) is 11.6. The van der Waals surface area contributed by atoms with E-state index in [-0.39, 0.29) is 12.2 Å². The molecule has 164 valence electrons. The number of allylic oxidation sites excluding steroid dienone is 1. The Morgan fingerprint density at radius 2 is 2.00 bits per heavy atom. The zero-order valence-corrected chi connectivity index (χ0v) is 20.2. The van der Waals surface area contributed by atoms with Crippen molar-refractivity contribution in [1.82, 2.24) is 4.57 Å². The SMILES string of the molecule is CCOC(=O)C1=C(C)N=c2s/c(=C\c3cc(Br)ccc3OC)c(=O)n2[C@@H]1c1ccccc1. The van der Waals surface area contributed by atoms with Crippen LogP contribution in [0, 0.1) is 0 Å². The molecule has 8 heteroatoms. The summed E-state index contributed by atoms with van der Waals surface area (Å²) < 4.78 is 13.7. The molecule has 0 N–H and O–H groups in total. The Morgan fingerprint density at radius 1 is 1.25 bits per heavy atom. The predicted molar refractivity (Wildman–Crippen MR) is 128 cm³/mol. The van der Waals surface area contributed by atoms with Crippen LogP contribution in [0.15, 0.2) is 74.1 Å². The van der Waals surface area contributed by atoms with E-state index in [4.69, 9.17) is 9.47 Å². The Bertz CT molecular complexity index is 1390. The van der Waals surface area contributed by atoms with E-state index in [1.807, 2.05) is 48.5 Å². The summed E-state index contributed by atoms with van der Waals surface area (Å²) in [7, 11) is 1.59. The topological polar surface area (TPSA) is 69.9 Å². The van der Waals surface area contributed by atoms with Crippen molar-refractivity contribution < 1.29 is 14.3 Å². The summed E-state index contributed by atoms with van der Waals surface area (Å²) in [5.41, 5.74) is 2.28. The molecule has 6 nitrogen and oxygen atoms in total. The molecule has 0 fully saturated rings. The molecule has 1 aliphatic heterocycles. The first kappa shape index (κ1) is 22.2. The van der Waals surface area contributed by atoms with Crippen molar-refractivity contribution in [2.75, 3.05) is 13.7 Å². The zero-order chi connectivity index (χ0) is 22.8. The predicted octanol–water partition coefficient (Wildman–Crippen LogP) is 3.57. The van der Waals surface area contributed by atoms with Crippen molar-refractivity contribution in [2.45, 2.75) is 19.9 Å². The van der Waals surface area contributed by atoms with Crippen LogP contribution in [0.5, 0.6) is 5.75 Å². The molecule has 0 amide bonds. The Kier molecular flexibility index (Phi) is 6.43. The van der Waals surface area contributed by atoms with E-state index in [0.717, 1.165) is 15.6 Å². The first-order chi connectivity index (χ1) is 15.4. The normalized spacial score (nSPS) is 15.9. The van der Waals surface area contributed by atoms with E-state index in [2.05, 4.69) is 20.9 Å². The van der Waals surface area contributed by atoms with Crippen LogP contribution in [0.3, 0.4) is 0 Å². The lowest BCUT2D eigenvalue weighted by molar-refractivity contribution is -0.139. The van der Waals surface area contributed by atoms with Gasteiger partial charge in [0.05, 0.1) is 35.6 Å². The Hall–Kier alpha value is -2.97. The molecular formula is C24H21BrN2O4S. The highest BCUT2D eigenvalue weighted by molar-refractivity contribution is 9.10. The van der Waals surface area contributed by atoms with Gasteiger partial charge in [0, 0.05) is 10.0 Å². The molecule has 32 heavy (non-hydrogen) atoms. The summed E-state index contributed by atoms with van der Waals surface area (Å²) >= 11 is 4.75. The van der Waals surface area contributed by atoms with Crippen LogP contribution >= 0.6 is 27.3 Å². The van der Waals surface area contributed by atoms with Gasteiger partial charge in [-0.15, -0.1) is 0 Å². The van der Waals surface area contributed by atoms with Crippen molar-refractivity contribution in [2.24, 2.45) is 4.99 Å². The van der Waals surface area contributed by atoms with Gasteiger partial charge in [-0.1, -0.05) is 57.6 Å². The summed E-state index contributed by atoms with van der Waals surface area (Å²) in [6.07, 6.45) is 1.79. The van der Waals surface area contributed by atoms with Crippen LogP contribution in [0.4, 0.5) is 0 Å². The molecule has 0 saturated carbocycles. The highest BCUT2D eigenvalue weighted by atomic mass is 79.9. The minimum absolute atomic E-state index is 0.223. The van der Waals surface area contributed by atoms with Crippen LogP contribution in [0.1, 0.15) is 31.0 Å². The summed E-state index contributed by atoms with van der Waals surface area (Å²) in [5, 5.41) is 0. The van der Waals surface area contributed by atoms with Gasteiger partial charge >= 0.3 is 5.97 Å². The number of hydrogen-bond donors (Lipinski definition) is 0. The lowest BCUT2D eigenvalue weighted by Crippen LogP contribution is -2.39. The smallest absolute Gasteiger partial charge is 0.338 e. The van der Waals surface area contributed by atoms with Gasteiger partial charge in [0.15, 0.2) is 4.80 Å². The zero-order valence-electron chi connectivity index (χ0n) is 17.8. The number of aromatic nitrogens is 1. The van der Waals surface area contributed by atoms with E-state index in [1.165, 1.54) is 11.3 Å². The van der Waals surface area contributed by atoms with Crippen LogP contribution in [0.25, 0.3) is 6.08 Å². The fourth-order valence-corrected chi connectivity index (χ4v) is 5.12. The number of fused-ring (bicyclic) bond motifs is 1. The van der Waals surface area contributed by atoms with Crippen LogP contribution in [-0.2, 0) is 9.53 Å². The molecule has 4 rings (SSSR count). The molecule has 1 aromatic heterocycles. The maximum atomic E-state index is 13.6. The van der Waals surface area contributed by atoms with Gasteiger partial charge in [0.1, 0.15) is 5.75 Å². The number of halogens is 1. The number of benzene rings is 2. The second-order valence-corrected chi connectivity index (χ2v) is 9.02. The van der Waals surface area contributed by atoms with Gasteiger partial charge in [-0.25, -0.2) is 9.79 Å². The molecule has 2 aromatic carbocycles. The van der Waals surface area contributed by atoms with Crippen LogP contribution in [-0.4, -0.2) is 24.3 Å². The minimum Gasteiger partial charge on any atom is -0.496 e. The molecule has 0 radical (unpaired) electrons. The number of methoxy groups -OCH3 is 1. The quantitative estimate of drug-likeness (QED) is 0.490. The largest absolute Gasteiger partial charge is 0.496 e. The standard InChI is InChI=1S/C24H21BrN2O4S/c1-4-31-23(29)20-14(2)26-24-27(21(20)15-8-6-5-7-9-15)22(28)19(32-24)13-16-12-17(25)10-11-18(16)30-3/h5-13,21H,4H2,1-3H3/b19-13-/t21-/m1/s1. The minimum atomic E-state index is -0.613. The monoisotopic (exact) mass is 512 g/mol. The molecule has 0 bridgehead atoms. The fraction of sp³-hybridized carbons (Fsp3) is 0.208. The van der Waals surface area contributed by atoms with E-state index in [1.54, 1.807) is 31.6 Å². The fourth-order valence-electron chi connectivity index (χ4n) is 3.70. The molecular weight excluding hydrogens is 492 g/mol. The van der Waals surface area contributed by atoms with Crippen molar-refractivity contribution >= 4 is 39.3 Å². The Balaban J connectivity index is 1.97. The lowest BCUT2D eigenvalue weighted by atomic mass is 9.96. The number of hydrogen-bond acceptors (Lipinski definition) is 6. The van der Waals surface area contributed by atoms with Crippen molar-refractivity contribution in [3.63, 3.8) is 0 Å². The molecule has 3 aromatic rings. The van der Waals surface area contributed by atoms with Gasteiger partial charge in [0.25, 0.3) is 5.56 Å². The third kappa shape index (κ3) is 4.08. The second kappa shape index (κ2) is 9.26. The molecule has 0 unspecified atom stereocenters. The van der Waals surface area contributed by atoms with Gasteiger partial charge < -0.3 is 9.47 Å². The third-order valence-electron chi connectivity index (χ3n) is 5.11. The molecule has 0 aliphatic carbocycles. The van der Waals surface area contributed by atoms with Gasteiger partial charge in [-0.2, -0.15) is 0 Å². The maximum absolute atomic E-state index is 13.6. The number of carbonyl (C=O) groups excluding carboxylic acids is 1. The summed E-state index contributed by atoms with van der Waals surface area (Å²) in [4.78, 5) is 31.6. The summed E-state index contributed by atoms with van der Waals surface area (Å²) in [6, 6.07) is 14.5. The third-order valence-corrected chi connectivity index (χ3v) is 6.59. The maximum Gasteiger partial charge on any atom is 0.338 e. The molecule has 2 heterocycles. The summed E-state index contributed by atoms with van der Waals surface area (Å²) in [6.45, 7) is 3.77. The van der Waals surface area contributed by atoms with Crippen LogP contribution in [0.2, 0.25) is 0 Å². The Morgan fingerprint density at radius 3 is 2.69 bits per heavy atom. The molecule has 0 spiro atoms. The average Bonchev–Trinajstić information content (AvgIpc) is 3.08. The van der Waals surface area contributed by atoms with Crippen molar-refractivity contribution in [3.8, 4) is 5.75 Å². The second-order valence-electron chi connectivity index (χ2n) is 7.10.